The van der Waals surface area contributed by atoms with Gasteiger partial charge in [-0.1, -0.05) is 0 Å². The molecule has 138 valence electrons. The number of hydrogen-bond donors (Lipinski definition) is 2. The summed E-state index contributed by atoms with van der Waals surface area (Å²) < 4.78 is 7.74. The Bertz CT molecular complexity index is 531. The molecule has 1 aromatic heterocycles. The predicted octanol–water partition coefficient (Wildman–Crippen LogP) is 1.47. The van der Waals surface area contributed by atoms with E-state index in [1.54, 1.807) is 0 Å². The van der Waals surface area contributed by atoms with E-state index in [9.17, 15) is 0 Å². The van der Waals surface area contributed by atoms with Gasteiger partial charge in [0, 0.05) is 43.0 Å². The Balaban J connectivity index is 1.93. The molecule has 0 saturated carbocycles. The molecule has 1 saturated heterocycles. The number of nitrogens with zero attached hydrogens (tertiary/aromatic N) is 3. The number of aliphatic hydroxyl groups excluding tert-OH is 1. The first kappa shape index (κ1) is 19.4. The van der Waals surface area contributed by atoms with Gasteiger partial charge in [0.15, 0.2) is 0 Å². The minimum absolute atomic E-state index is 0.0786. The minimum Gasteiger partial charge on any atom is -0.394 e. The number of aromatic nitrogens is 2. The third-order valence-electron chi connectivity index (χ3n) is 4.98. The van der Waals surface area contributed by atoms with Gasteiger partial charge in [-0.2, -0.15) is 5.10 Å². The Morgan fingerprint density at radius 3 is 2.46 bits per heavy atom. The molecule has 0 aromatic carbocycles. The van der Waals surface area contributed by atoms with E-state index in [4.69, 9.17) is 9.84 Å². The van der Waals surface area contributed by atoms with Crippen molar-refractivity contribution in [3.63, 3.8) is 0 Å². The summed E-state index contributed by atoms with van der Waals surface area (Å²) in [6, 6.07) is 0. The first-order chi connectivity index (χ1) is 11.2. The van der Waals surface area contributed by atoms with Crippen LogP contribution in [0.15, 0.2) is 0 Å². The monoisotopic (exact) mass is 338 g/mol. The summed E-state index contributed by atoms with van der Waals surface area (Å²) in [4.78, 5) is 2.52. The van der Waals surface area contributed by atoms with Crippen molar-refractivity contribution < 1.29 is 9.84 Å². The van der Waals surface area contributed by atoms with Crippen LogP contribution in [0, 0.1) is 13.8 Å². The molecular weight excluding hydrogens is 304 g/mol. The molecule has 1 aliphatic rings. The van der Waals surface area contributed by atoms with E-state index in [2.05, 4.69) is 49.9 Å². The number of morpholine rings is 1. The van der Waals surface area contributed by atoms with Crippen LogP contribution in [0.1, 0.15) is 44.6 Å². The number of aliphatic hydroxyl groups is 1. The molecule has 6 heteroatoms. The van der Waals surface area contributed by atoms with Crippen molar-refractivity contribution in [3.8, 4) is 0 Å². The van der Waals surface area contributed by atoms with Crippen LogP contribution in [0.2, 0.25) is 0 Å². The quantitative estimate of drug-likeness (QED) is 0.788. The van der Waals surface area contributed by atoms with E-state index in [0.29, 0.717) is 6.54 Å². The van der Waals surface area contributed by atoms with Gasteiger partial charge in [0.2, 0.25) is 0 Å². The van der Waals surface area contributed by atoms with E-state index < -0.39 is 0 Å². The second kappa shape index (κ2) is 7.95. The summed E-state index contributed by atoms with van der Waals surface area (Å²) in [6.07, 6.45) is 0.573. The summed E-state index contributed by atoms with van der Waals surface area (Å²) in [5, 5.41) is 17.2. The van der Waals surface area contributed by atoms with Crippen LogP contribution in [-0.4, -0.2) is 63.8 Å². The average molecular weight is 338 g/mol. The van der Waals surface area contributed by atoms with Gasteiger partial charge < -0.3 is 15.2 Å². The van der Waals surface area contributed by atoms with Crippen LogP contribution < -0.4 is 5.32 Å². The number of ether oxygens (including phenoxy) is 1. The van der Waals surface area contributed by atoms with Crippen LogP contribution in [0.4, 0.5) is 0 Å². The van der Waals surface area contributed by atoms with Gasteiger partial charge in [-0.15, -0.1) is 0 Å². The lowest BCUT2D eigenvalue weighted by molar-refractivity contribution is -0.0952. The highest BCUT2D eigenvalue weighted by Crippen LogP contribution is 2.21. The maximum absolute atomic E-state index is 9.12. The molecule has 2 rings (SSSR count). The highest BCUT2D eigenvalue weighted by Gasteiger charge is 2.32. The van der Waals surface area contributed by atoms with Crippen molar-refractivity contribution in [1.29, 1.82) is 0 Å². The zero-order valence-electron chi connectivity index (χ0n) is 16.1. The Labute approximate surface area is 146 Å². The van der Waals surface area contributed by atoms with Crippen molar-refractivity contribution >= 4 is 0 Å². The highest BCUT2D eigenvalue weighted by atomic mass is 16.5. The molecule has 0 aliphatic carbocycles. The molecule has 2 unspecified atom stereocenters. The molecule has 0 spiro atoms. The lowest BCUT2D eigenvalue weighted by atomic mass is 10.00. The molecule has 1 fully saturated rings. The number of aryl methyl sites for hydroxylation is 1. The lowest BCUT2D eigenvalue weighted by Crippen LogP contribution is -2.58. The Morgan fingerprint density at radius 2 is 1.88 bits per heavy atom. The normalized spacial score (nSPS) is 23.0. The standard InChI is InChI=1S/C18H34N4O2/c1-13-10-21(11-14(2)24-13)18(5,6)12-19-9-17-15(3)20-22(7-8-23)16(17)4/h13-14,19,23H,7-12H2,1-6H3. The fourth-order valence-corrected chi connectivity index (χ4v) is 3.58. The highest BCUT2D eigenvalue weighted by molar-refractivity contribution is 5.24. The van der Waals surface area contributed by atoms with Crippen LogP contribution in [0.5, 0.6) is 0 Å². The number of rotatable bonds is 7. The van der Waals surface area contributed by atoms with Crippen LogP contribution in [-0.2, 0) is 17.8 Å². The first-order valence-corrected chi connectivity index (χ1v) is 8.99. The molecule has 0 bridgehead atoms. The third kappa shape index (κ3) is 4.57. The Kier molecular flexibility index (Phi) is 6.42. The van der Waals surface area contributed by atoms with Crippen LogP contribution >= 0.6 is 0 Å². The van der Waals surface area contributed by atoms with Gasteiger partial charge in [-0.3, -0.25) is 9.58 Å². The fourth-order valence-electron chi connectivity index (χ4n) is 3.58. The van der Waals surface area contributed by atoms with Gasteiger partial charge in [0.05, 0.1) is 31.1 Å². The van der Waals surface area contributed by atoms with Gasteiger partial charge >= 0.3 is 0 Å². The Morgan fingerprint density at radius 1 is 1.25 bits per heavy atom. The summed E-state index contributed by atoms with van der Waals surface area (Å²) in [7, 11) is 0. The summed E-state index contributed by atoms with van der Waals surface area (Å²) in [6.45, 7) is 17.3. The molecule has 2 atom stereocenters. The first-order valence-electron chi connectivity index (χ1n) is 8.99. The Hall–Kier alpha value is -0.950. The molecule has 1 aliphatic heterocycles. The second-order valence-electron chi connectivity index (χ2n) is 7.67. The van der Waals surface area contributed by atoms with Crippen molar-refractivity contribution in [2.45, 2.75) is 72.4 Å². The smallest absolute Gasteiger partial charge is 0.0678 e. The van der Waals surface area contributed by atoms with E-state index in [1.165, 1.54) is 5.56 Å². The van der Waals surface area contributed by atoms with E-state index >= 15 is 0 Å². The van der Waals surface area contributed by atoms with Gasteiger partial charge in [-0.05, 0) is 41.5 Å². The van der Waals surface area contributed by atoms with E-state index in [-0.39, 0.29) is 24.4 Å². The van der Waals surface area contributed by atoms with Crippen LogP contribution in [0.3, 0.4) is 0 Å². The minimum atomic E-state index is 0.0786. The molecule has 24 heavy (non-hydrogen) atoms. The van der Waals surface area contributed by atoms with Crippen molar-refractivity contribution in [1.82, 2.24) is 20.0 Å². The number of hydrogen-bond acceptors (Lipinski definition) is 5. The maximum atomic E-state index is 9.12. The predicted molar refractivity (Wildman–Crippen MR) is 96.2 cm³/mol. The molecule has 2 N–H and O–H groups in total. The van der Waals surface area contributed by atoms with Crippen molar-refractivity contribution in [2.24, 2.45) is 0 Å². The van der Waals surface area contributed by atoms with E-state index in [0.717, 1.165) is 37.6 Å². The van der Waals surface area contributed by atoms with Crippen molar-refractivity contribution in [2.75, 3.05) is 26.2 Å². The third-order valence-corrected chi connectivity index (χ3v) is 4.98. The molecule has 0 amide bonds. The molecular formula is C18H34N4O2. The topological polar surface area (TPSA) is 62.5 Å². The lowest BCUT2D eigenvalue weighted by Gasteiger charge is -2.45. The van der Waals surface area contributed by atoms with Crippen molar-refractivity contribution in [3.05, 3.63) is 17.0 Å². The average Bonchev–Trinajstić information content (AvgIpc) is 2.74. The molecule has 6 nitrogen and oxygen atoms in total. The zero-order chi connectivity index (χ0) is 17.9. The second-order valence-corrected chi connectivity index (χ2v) is 7.67. The molecule has 0 radical (unpaired) electrons. The van der Waals surface area contributed by atoms with Crippen LogP contribution in [0.25, 0.3) is 0 Å². The van der Waals surface area contributed by atoms with Gasteiger partial charge in [-0.25, -0.2) is 0 Å². The zero-order valence-corrected chi connectivity index (χ0v) is 16.1. The van der Waals surface area contributed by atoms with Gasteiger partial charge in [0.25, 0.3) is 0 Å². The van der Waals surface area contributed by atoms with Gasteiger partial charge in [0.1, 0.15) is 0 Å². The fraction of sp³-hybridized carbons (Fsp3) is 0.833. The number of nitrogens with one attached hydrogen (secondary N) is 1. The summed E-state index contributed by atoms with van der Waals surface area (Å²) >= 11 is 0. The largest absolute Gasteiger partial charge is 0.394 e. The maximum Gasteiger partial charge on any atom is 0.0678 e. The summed E-state index contributed by atoms with van der Waals surface area (Å²) in [5.74, 6) is 0. The molecule has 2 heterocycles. The molecule has 1 aromatic rings. The van der Waals surface area contributed by atoms with E-state index in [1.807, 2.05) is 11.6 Å². The summed E-state index contributed by atoms with van der Waals surface area (Å²) in [5.41, 5.74) is 3.50. The SMILES string of the molecule is Cc1nn(CCO)c(C)c1CNCC(C)(C)N1CC(C)OC(C)C1.